The largest absolute Gasteiger partial charge is 0.497 e. The van der Waals surface area contributed by atoms with Crippen molar-refractivity contribution in [2.45, 2.75) is 13.0 Å². The van der Waals surface area contributed by atoms with Crippen LogP contribution in [0.5, 0.6) is 5.75 Å². The molecule has 0 spiro atoms. The summed E-state index contributed by atoms with van der Waals surface area (Å²) in [6.45, 7) is 0.183. The Kier molecular flexibility index (Phi) is 6.47. The van der Waals surface area contributed by atoms with Crippen molar-refractivity contribution in [1.29, 1.82) is 0 Å². The van der Waals surface area contributed by atoms with Gasteiger partial charge in [-0.2, -0.15) is 0 Å². The summed E-state index contributed by atoms with van der Waals surface area (Å²) in [7, 11) is 1.60. The number of carbonyl (C=O) groups excluding carboxylic acids is 2. The Morgan fingerprint density at radius 1 is 1.12 bits per heavy atom. The Morgan fingerprint density at radius 2 is 1.88 bits per heavy atom. The molecule has 0 saturated carbocycles. The van der Waals surface area contributed by atoms with E-state index in [4.69, 9.17) is 16.3 Å². The van der Waals surface area contributed by atoms with E-state index in [1.165, 1.54) is 4.90 Å². The second-order valence-corrected chi connectivity index (χ2v) is 7.63. The molecule has 8 heteroatoms. The third-order valence-corrected chi connectivity index (χ3v) is 5.28. The van der Waals surface area contributed by atoms with Crippen LogP contribution in [0.2, 0.25) is 5.02 Å². The van der Waals surface area contributed by atoms with Gasteiger partial charge in [-0.1, -0.05) is 23.7 Å². The molecule has 0 aliphatic carbocycles. The fourth-order valence-electron chi connectivity index (χ4n) is 3.34. The maximum Gasteiger partial charge on any atom is 0.240 e. The number of anilines is 1. The molecular weight excluding hydrogens is 428 g/mol. The van der Waals surface area contributed by atoms with Crippen LogP contribution in [0.4, 0.5) is 11.5 Å². The van der Waals surface area contributed by atoms with Gasteiger partial charge in [0, 0.05) is 17.8 Å². The summed E-state index contributed by atoms with van der Waals surface area (Å²) in [5.74, 6) is 0.537. The molecule has 0 radical (unpaired) electrons. The van der Waals surface area contributed by atoms with E-state index in [1.807, 2.05) is 36.4 Å². The zero-order valence-corrected chi connectivity index (χ0v) is 18.2. The molecule has 0 unspecified atom stereocenters. The highest BCUT2D eigenvalue weighted by molar-refractivity contribution is 6.30. The number of amides is 2. The fourth-order valence-corrected chi connectivity index (χ4v) is 3.47. The smallest absolute Gasteiger partial charge is 0.240 e. The van der Waals surface area contributed by atoms with Crippen LogP contribution in [0.25, 0.3) is 0 Å². The minimum atomic E-state index is -0.294. The van der Waals surface area contributed by atoms with Gasteiger partial charge in [0.1, 0.15) is 18.0 Å². The maximum atomic E-state index is 13.1. The number of benzene rings is 2. The Balaban J connectivity index is 1.52. The van der Waals surface area contributed by atoms with Gasteiger partial charge in [0.2, 0.25) is 11.8 Å². The SMILES string of the molecule is COc1ccc(C2=Nc3cccnc3N(CC(=O)NCc3ccc(Cl)cc3)C(=O)C2)cc1. The third-order valence-electron chi connectivity index (χ3n) is 5.02. The van der Waals surface area contributed by atoms with Crippen molar-refractivity contribution in [3.05, 3.63) is 83.0 Å². The van der Waals surface area contributed by atoms with E-state index in [0.29, 0.717) is 28.8 Å². The van der Waals surface area contributed by atoms with E-state index in [9.17, 15) is 9.59 Å². The van der Waals surface area contributed by atoms with Crippen LogP contribution >= 0.6 is 11.6 Å². The minimum absolute atomic E-state index is 0.0488. The fraction of sp³-hybridized carbons (Fsp3) is 0.167. The number of pyridine rings is 1. The lowest BCUT2D eigenvalue weighted by molar-refractivity contribution is -0.123. The molecule has 0 bridgehead atoms. The first-order valence-corrected chi connectivity index (χ1v) is 10.4. The Morgan fingerprint density at radius 3 is 2.59 bits per heavy atom. The van der Waals surface area contributed by atoms with Crippen LogP contribution in [0.3, 0.4) is 0 Å². The van der Waals surface area contributed by atoms with Gasteiger partial charge in [0.25, 0.3) is 0 Å². The van der Waals surface area contributed by atoms with Gasteiger partial charge in [0.15, 0.2) is 5.82 Å². The Labute approximate surface area is 190 Å². The standard InChI is InChI=1S/C24H21ClN4O3/c1-32-19-10-6-17(7-11-19)21-13-23(31)29(24-20(28-21)3-2-12-26-24)15-22(30)27-14-16-4-8-18(25)9-5-16/h2-12H,13-15H2,1H3,(H,27,30). The predicted molar refractivity (Wildman–Crippen MR) is 124 cm³/mol. The van der Waals surface area contributed by atoms with Crippen LogP contribution in [-0.2, 0) is 16.1 Å². The number of methoxy groups -OCH3 is 1. The molecule has 1 aliphatic rings. The summed E-state index contributed by atoms with van der Waals surface area (Å²) >= 11 is 5.90. The average Bonchev–Trinajstić information content (AvgIpc) is 2.95. The molecule has 1 aromatic heterocycles. The number of hydrogen-bond donors (Lipinski definition) is 1. The zero-order valence-electron chi connectivity index (χ0n) is 17.4. The van der Waals surface area contributed by atoms with Crippen molar-refractivity contribution >= 4 is 40.6 Å². The molecule has 2 heterocycles. The molecular formula is C24H21ClN4O3. The second kappa shape index (κ2) is 9.62. The molecule has 1 N–H and O–H groups in total. The Hall–Kier alpha value is -3.71. The number of rotatable bonds is 6. The van der Waals surface area contributed by atoms with Gasteiger partial charge in [-0.15, -0.1) is 0 Å². The van der Waals surface area contributed by atoms with Crippen LogP contribution < -0.4 is 15.0 Å². The zero-order chi connectivity index (χ0) is 22.5. The molecule has 0 saturated heterocycles. The van der Waals surface area contributed by atoms with Gasteiger partial charge >= 0.3 is 0 Å². The summed E-state index contributed by atoms with van der Waals surface area (Å²) < 4.78 is 5.20. The van der Waals surface area contributed by atoms with Crippen LogP contribution in [0, 0.1) is 0 Å². The summed E-state index contributed by atoms with van der Waals surface area (Å²) in [6.07, 6.45) is 1.63. The quantitative estimate of drug-likeness (QED) is 0.619. The molecule has 32 heavy (non-hydrogen) atoms. The summed E-state index contributed by atoms with van der Waals surface area (Å²) in [6, 6.07) is 18.1. The molecule has 2 amide bonds. The van der Waals surface area contributed by atoms with Crippen molar-refractivity contribution in [2.24, 2.45) is 4.99 Å². The molecule has 0 atom stereocenters. The first kappa shape index (κ1) is 21.5. The summed E-state index contributed by atoms with van der Waals surface area (Å²) in [5.41, 5.74) is 2.86. The van der Waals surface area contributed by atoms with E-state index in [2.05, 4.69) is 15.3 Å². The molecule has 4 rings (SSSR count). The normalized spacial score (nSPS) is 13.1. The van der Waals surface area contributed by atoms with Crippen LogP contribution in [0.15, 0.2) is 71.9 Å². The van der Waals surface area contributed by atoms with E-state index in [0.717, 1.165) is 16.9 Å². The number of fused-ring (bicyclic) bond motifs is 1. The highest BCUT2D eigenvalue weighted by atomic mass is 35.5. The van der Waals surface area contributed by atoms with E-state index >= 15 is 0 Å². The number of aromatic nitrogens is 1. The summed E-state index contributed by atoms with van der Waals surface area (Å²) in [4.78, 5) is 36.1. The Bertz CT molecular complexity index is 1160. The van der Waals surface area contributed by atoms with Crippen molar-refractivity contribution < 1.29 is 14.3 Å². The molecule has 7 nitrogen and oxygen atoms in total. The number of aliphatic imine (C=N–C) groups is 1. The van der Waals surface area contributed by atoms with Gasteiger partial charge in [-0.3, -0.25) is 14.5 Å². The number of nitrogens with zero attached hydrogens (tertiary/aromatic N) is 3. The maximum absolute atomic E-state index is 13.1. The van der Waals surface area contributed by atoms with Gasteiger partial charge < -0.3 is 10.1 Å². The first-order chi connectivity index (χ1) is 15.5. The number of hydrogen-bond acceptors (Lipinski definition) is 5. The number of ether oxygens (including phenoxy) is 1. The van der Waals surface area contributed by atoms with E-state index in [-0.39, 0.29) is 24.8 Å². The molecule has 3 aromatic rings. The molecule has 0 fully saturated rings. The van der Waals surface area contributed by atoms with Gasteiger partial charge in [-0.05, 0) is 59.7 Å². The highest BCUT2D eigenvalue weighted by Crippen LogP contribution is 2.31. The topological polar surface area (TPSA) is 83.9 Å². The van der Waals surface area contributed by atoms with E-state index < -0.39 is 0 Å². The van der Waals surface area contributed by atoms with Crippen molar-refractivity contribution in [3.63, 3.8) is 0 Å². The lowest BCUT2D eigenvalue weighted by Gasteiger charge is -2.20. The number of carbonyl (C=O) groups is 2. The molecule has 162 valence electrons. The highest BCUT2D eigenvalue weighted by Gasteiger charge is 2.27. The predicted octanol–water partition coefficient (Wildman–Crippen LogP) is 3.92. The minimum Gasteiger partial charge on any atom is -0.497 e. The first-order valence-electron chi connectivity index (χ1n) is 10.0. The number of nitrogens with one attached hydrogen (secondary N) is 1. The van der Waals surface area contributed by atoms with E-state index in [1.54, 1.807) is 37.6 Å². The van der Waals surface area contributed by atoms with Crippen molar-refractivity contribution in [3.8, 4) is 5.75 Å². The molecule has 2 aromatic carbocycles. The van der Waals surface area contributed by atoms with Crippen LogP contribution in [0.1, 0.15) is 17.5 Å². The summed E-state index contributed by atoms with van der Waals surface area (Å²) in [5, 5.41) is 3.47. The van der Waals surface area contributed by atoms with Gasteiger partial charge in [0.05, 0.1) is 19.2 Å². The monoisotopic (exact) mass is 448 g/mol. The third kappa shape index (κ3) is 4.95. The van der Waals surface area contributed by atoms with Crippen LogP contribution in [-0.4, -0.2) is 36.2 Å². The average molecular weight is 449 g/mol. The van der Waals surface area contributed by atoms with Crippen molar-refractivity contribution in [1.82, 2.24) is 10.3 Å². The second-order valence-electron chi connectivity index (χ2n) is 7.19. The van der Waals surface area contributed by atoms with Crippen molar-refractivity contribution in [2.75, 3.05) is 18.6 Å². The number of halogens is 1. The lowest BCUT2D eigenvalue weighted by Crippen LogP contribution is -2.41. The van der Waals surface area contributed by atoms with Gasteiger partial charge in [-0.25, -0.2) is 9.98 Å². The molecule has 1 aliphatic heterocycles. The lowest BCUT2D eigenvalue weighted by atomic mass is 10.1.